The Hall–Kier alpha value is -2.84. The van der Waals surface area contributed by atoms with Crippen molar-refractivity contribution in [2.75, 3.05) is 26.2 Å². The zero-order chi connectivity index (χ0) is 20.5. The van der Waals surface area contributed by atoms with Gasteiger partial charge in [-0.3, -0.25) is 4.79 Å². The molecule has 3 aromatic rings. The minimum Gasteiger partial charge on any atom is -0.492 e. The molecule has 0 radical (unpaired) electrons. The van der Waals surface area contributed by atoms with E-state index in [1.807, 2.05) is 0 Å². The fourth-order valence-electron chi connectivity index (χ4n) is 2.81. The summed E-state index contributed by atoms with van der Waals surface area (Å²) in [5.41, 5.74) is 0. The van der Waals surface area contributed by atoms with E-state index in [-0.39, 0.29) is 5.91 Å². The number of aromatic nitrogens is 2. The number of hydrogen-bond acceptors (Lipinski definition) is 6. The van der Waals surface area contributed by atoms with Gasteiger partial charge in [0.15, 0.2) is 18.8 Å². The number of rotatable bonds is 11. The second-order valence-corrected chi connectivity index (χ2v) is 6.92. The summed E-state index contributed by atoms with van der Waals surface area (Å²) in [7, 11) is 0. The van der Waals surface area contributed by atoms with Crippen LogP contribution >= 0.6 is 11.6 Å². The highest BCUT2D eigenvalue weighted by atomic mass is 35.5. The lowest BCUT2D eigenvalue weighted by molar-refractivity contribution is -0.907. The number of nitrogens with zero attached hydrogens (tertiary/aromatic N) is 2. The molecule has 2 aromatic heterocycles. The van der Waals surface area contributed by atoms with Crippen LogP contribution in [0.2, 0.25) is 5.02 Å². The number of ether oxygens (including phenoxy) is 1. The summed E-state index contributed by atoms with van der Waals surface area (Å²) in [4.78, 5) is 13.3. The number of amides is 1. The van der Waals surface area contributed by atoms with Gasteiger partial charge in [-0.2, -0.15) is 0 Å². The van der Waals surface area contributed by atoms with Crippen LogP contribution in [0.15, 0.2) is 51.5 Å². The molecule has 0 aliphatic carbocycles. The first-order valence-electron chi connectivity index (χ1n) is 9.49. The van der Waals surface area contributed by atoms with Gasteiger partial charge in [-0.1, -0.05) is 18.5 Å². The third-order valence-electron chi connectivity index (χ3n) is 4.12. The molecule has 0 aliphatic heterocycles. The van der Waals surface area contributed by atoms with Crippen LogP contribution in [-0.2, 0) is 11.3 Å². The molecule has 3 rings (SSSR count). The van der Waals surface area contributed by atoms with E-state index in [9.17, 15) is 4.79 Å². The third kappa shape index (κ3) is 6.62. The van der Waals surface area contributed by atoms with Crippen molar-refractivity contribution >= 4 is 17.5 Å². The van der Waals surface area contributed by atoms with Crippen LogP contribution in [0, 0.1) is 0 Å². The summed E-state index contributed by atoms with van der Waals surface area (Å²) in [6.45, 7) is 4.47. The minimum absolute atomic E-state index is 0.0565. The molecule has 0 spiro atoms. The summed E-state index contributed by atoms with van der Waals surface area (Å²) in [6.07, 6.45) is 2.48. The van der Waals surface area contributed by atoms with Gasteiger partial charge >= 0.3 is 0 Å². The molecule has 0 saturated heterocycles. The lowest BCUT2D eigenvalue weighted by Gasteiger charge is -2.16. The van der Waals surface area contributed by atoms with Gasteiger partial charge in [-0.05, 0) is 42.8 Å². The second kappa shape index (κ2) is 10.6. The Morgan fingerprint density at radius 2 is 2.07 bits per heavy atom. The molecule has 1 amide bonds. The molecule has 0 aliphatic rings. The van der Waals surface area contributed by atoms with Gasteiger partial charge in [0.1, 0.15) is 12.4 Å². The van der Waals surface area contributed by atoms with Crippen molar-refractivity contribution in [1.29, 1.82) is 0 Å². The highest BCUT2D eigenvalue weighted by molar-refractivity contribution is 6.30. The maximum atomic E-state index is 12.3. The van der Waals surface area contributed by atoms with Crippen LogP contribution < -0.4 is 15.0 Å². The fourth-order valence-corrected chi connectivity index (χ4v) is 2.94. The Balaban J connectivity index is 1.43. The summed E-state index contributed by atoms with van der Waals surface area (Å²) >= 11 is 5.84. The molecule has 2 heterocycles. The average molecular weight is 420 g/mol. The van der Waals surface area contributed by atoms with E-state index in [4.69, 9.17) is 25.2 Å². The SMILES string of the molecule is CCC[NH+](CC(=O)NCCOc1ccc(Cl)cc1)Cc1nnc(-c2ccco2)o1. The standard InChI is InChI=1S/C20H23ClN4O4/c1-2-10-25(14-19-23-24-20(29-19)17-4-3-11-28-17)13-18(26)22-9-12-27-16-7-5-15(21)6-8-16/h3-8,11H,2,9-10,12-14H2,1H3,(H,22,26)/p+1. The van der Waals surface area contributed by atoms with Crippen molar-refractivity contribution in [2.24, 2.45) is 0 Å². The van der Waals surface area contributed by atoms with Gasteiger partial charge in [0.25, 0.3) is 17.7 Å². The van der Waals surface area contributed by atoms with Crippen molar-refractivity contribution in [1.82, 2.24) is 15.5 Å². The first-order valence-corrected chi connectivity index (χ1v) is 9.86. The Morgan fingerprint density at radius 1 is 1.24 bits per heavy atom. The summed E-state index contributed by atoms with van der Waals surface area (Å²) in [5, 5.41) is 11.6. The zero-order valence-corrected chi connectivity index (χ0v) is 16.9. The van der Waals surface area contributed by atoms with Gasteiger partial charge in [0, 0.05) is 5.02 Å². The van der Waals surface area contributed by atoms with Gasteiger partial charge in [-0.25, -0.2) is 0 Å². The Labute approximate surface area is 173 Å². The van der Waals surface area contributed by atoms with E-state index in [1.54, 1.807) is 42.7 Å². The molecular weight excluding hydrogens is 396 g/mol. The predicted molar refractivity (Wildman–Crippen MR) is 107 cm³/mol. The average Bonchev–Trinajstić information content (AvgIpc) is 3.38. The first-order chi connectivity index (χ1) is 14.1. The number of furan rings is 1. The molecule has 0 saturated carbocycles. The smallest absolute Gasteiger partial charge is 0.283 e. The molecule has 154 valence electrons. The van der Waals surface area contributed by atoms with E-state index >= 15 is 0 Å². The highest BCUT2D eigenvalue weighted by Gasteiger charge is 2.19. The number of carbonyl (C=O) groups is 1. The van der Waals surface area contributed by atoms with E-state index < -0.39 is 0 Å². The van der Waals surface area contributed by atoms with Gasteiger partial charge in [0.2, 0.25) is 0 Å². The first kappa shape index (κ1) is 20.9. The lowest BCUT2D eigenvalue weighted by Crippen LogP contribution is -3.12. The number of quaternary nitrogens is 1. The summed E-state index contributed by atoms with van der Waals surface area (Å²) < 4.78 is 16.5. The third-order valence-corrected chi connectivity index (χ3v) is 4.37. The molecule has 29 heavy (non-hydrogen) atoms. The molecule has 1 atom stereocenters. The highest BCUT2D eigenvalue weighted by Crippen LogP contribution is 2.17. The molecule has 0 fully saturated rings. The van der Waals surface area contributed by atoms with Crippen LogP contribution in [0.5, 0.6) is 5.75 Å². The maximum Gasteiger partial charge on any atom is 0.283 e. The topological polar surface area (TPSA) is 94.8 Å². The van der Waals surface area contributed by atoms with Crippen LogP contribution in [0.1, 0.15) is 19.2 Å². The number of hydrogen-bond donors (Lipinski definition) is 2. The number of halogens is 1. The van der Waals surface area contributed by atoms with E-state index in [2.05, 4.69) is 22.4 Å². The van der Waals surface area contributed by atoms with Crippen LogP contribution in [0.4, 0.5) is 0 Å². The van der Waals surface area contributed by atoms with E-state index in [0.29, 0.717) is 54.6 Å². The molecule has 1 aromatic carbocycles. The lowest BCUT2D eigenvalue weighted by atomic mass is 10.3. The van der Waals surface area contributed by atoms with Crippen molar-refractivity contribution in [2.45, 2.75) is 19.9 Å². The summed E-state index contributed by atoms with van der Waals surface area (Å²) in [5.74, 6) is 1.99. The number of carbonyl (C=O) groups excluding carboxylic acids is 1. The minimum atomic E-state index is -0.0565. The zero-order valence-electron chi connectivity index (χ0n) is 16.2. The second-order valence-electron chi connectivity index (χ2n) is 6.48. The molecule has 1 unspecified atom stereocenters. The van der Waals surface area contributed by atoms with Crippen molar-refractivity contribution < 1.29 is 23.3 Å². The van der Waals surface area contributed by atoms with Gasteiger partial charge in [-0.15, -0.1) is 10.2 Å². The van der Waals surface area contributed by atoms with Crippen molar-refractivity contribution in [3.8, 4) is 17.4 Å². The Kier molecular flexibility index (Phi) is 7.66. The molecule has 0 bridgehead atoms. The quantitative estimate of drug-likeness (QED) is 0.461. The predicted octanol–water partition coefficient (Wildman–Crippen LogP) is 1.97. The molecule has 2 N–H and O–H groups in total. The number of benzene rings is 1. The number of nitrogens with one attached hydrogen (secondary N) is 2. The van der Waals surface area contributed by atoms with Crippen LogP contribution in [-0.4, -0.2) is 42.3 Å². The van der Waals surface area contributed by atoms with Crippen molar-refractivity contribution in [3.63, 3.8) is 0 Å². The molecule has 9 heteroatoms. The van der Waals surface area contributed by atoms with Crippen LogP contribution in [0.25, 0.3) is 11.7 Å². The Bertz CT molecular complexity index is 880. The van der Waals surface area contributed by atoms with Gasteiger partial charge in [0.05, 0.1) is 19.4 Å². The van der Waals surface area contributed by atoms with Gasteiger partial charge < -0.3 is 23.8 Å². The molecular formula is C20H24ClN4O4+. The monoisotopic (exact) mass is 419 g/mol. The normalized spacial score (nSPS) is 11.9. The Morgan fingerprint density at radius 3 is 2.79 bits per heavy atom. The van der Waals surface area contributed by atoms with Crippen LogP contribution in [0.3, 0.4) is 0 Å². The summed E-state index contributed by atoms with van der Waals surface area (Å²) in [6, 6.07) is 10.6. The van der Waals surface area contributed by atoms with E-state index in [0.717, 1.165) is 17.9 Å². The molecule has 8 nitrogen and oxygen atoms in total. The maximum absolute atomic E-state index is 12.3. The largest absolute Gasteiger partial charge is 0.492 e. The van der Waals surface area contributed by atoms with E-state index in [1.165, 1.54) is 0 Å². The van der Waals surface area contributed by atoms with Crippen molar-refractivity contribution in [3.05, 3.63) is 53.6 Å². The fraction of sp³-hybridized carbons (Fsp3) is 0.350.